The van der Waals surface area contributed by atoms with Crippen LogP contribution >= 0.6 is 0 Å². The first kappa shape index (κ1) is 26.2. The van der Waals surface area contributed by atoms with Crippen LogP contribution in [0.4, 0.5) is 11.6 Å². The number of hydrogen-bond acceptors (Lipinski definition) is 6. The zero-order chi connectivity index (χ0) is 27.4. The summed E-state index contributed by atoms with van der Waals surface area (Å²) in [6.45, 7) is 3.69. The summed E-state index contributed by atoms with van der Waals surface area (Å²) in [6, 6.07) is 19.5. The summed E-state index contributed by atoms with van der Waals surface area (Å²) in [7, 11) is 0. The SMILES string of the molecule is Cc1cc(C)nc(N=C(NC(=O)[C@H](Cc2ccccc2)N2C(=O)[C@H]3CCCC[C@@H]3C2=O)Nc2ccccc2)n1. The van der Waals surface area contributed by atoms with Gasteiger partial charge in [0.05, 0.1) is 11.8 Å². The van der Waals surface area contributed by atoms with E-state index in [9.17, 15) is 14.4 Å². The molecule has 2 N–H and O–H groups in total. The van der Waals surface area contributed by atoms with Crippen LogP contribution in [0.3, 0.4) is 0 Å². The number of fused-ring (bicyclic) bond motifs is 1. The largest absolute Gasteiger partial charge is 0.326 e. The van der Waals surface area contributed by atoms with Crippen LogP contribution in [-0.4, -0.2) is 44.6 Å². The molecule has 3 amide bonds. The van der Waals surface area contributed by atoms with Crippen molar-refractivity contribution in [2.45, 2.75) is 52.0 Å². The van der Waals surface area contributed by atoms with Crippen molar-refractivity contribution in [1.82, 2.24) is 20.2 Å². The van der Waals surface area contributed by atoms with Gasteiger partial charge in [-0.15, -0.1) is 0 Å². The number of carbonyl (C=O) groups is 3. The highest BCUT2D eigenvalue weighted by atomic mass is 16.2. The molecule has 5 rings (SSSR count). The van der Waals surface area contributed by atoms with E-state index in [1.165, 1.54) is 4.90 Å². The molecule has 0 unspecified atom stereocenters. The Morgan fingerprint density at radius 3 is 2.08 bits per heavy atom. The second kappa shape index (κ2) is 11.6. The average molecular weight is 525 g/mol. The number of aliphatic imine (C=N–C) groups is 1. The van der Waals surface area contributed by atoms with Crippen molar-refractivity contribution >= 4 is 35.3 Å². The lowest BCUT2D eigenvalue weighted by Crippen LogP contribution is -2.53. The molecule has 1 aromatic heterocycles. The van der Waals surface area contributed by atoms with Crippen LogP contribution in [-0.2, 0) is 20.8 Å². The number of para-hydroxylation sites is 1. The van der Waals surface area contributed by atoms with E-state index in [1.807, 2.05) is 80.6 Å². The number of hydrogen-bond donors (Lipinski definition) is 2. The Balaban J connectivity index is 1.48. The number of anilines is 1. The molecule has 2 aliphatic rings. The van der Waals surface area contributed by atoms with Crippen LogP contribution in [0.2, 0.25) is 0 Å². The van der Waals surface area contributed by atoms with Gasteiger partial charge in [-0.2, -0.15) is 4.99 Å². The van der Waals surface area contributed by atoms with Crippen molar-refractivity contribution in [3.63, 3.8) is 0 Å². The van der Waals surface area contributed by atoms with Crippen LogP contribution in [0.25, 0.3) is 0 Å². The van der Waals surface area contributed by atoms with Gasteiger partial charge in [-0.25, -0.2) is 9.97 Å². The van der Waals surface area contributed by atoms with Crippen LogP contribution in [0.1, 0.15) is 42.6 Å². The normalized spacial score (nSPS) is 19.9. The summed E-state index contributed by atoms with van der Waals surface area (Å²) in [5.41, 5.74) is 3.02. The number of imide groups is 1. The lowest BCUT2D eigenvalue weighted by atomic mass is 9.81. The molecule has 1 saturated carbocycles. The molecule has 39 heavy (non-hydrogen) atoms. The number of guanidine groups is 1. The monoisotopic (exact) mass is 524 g/mol. The van der Waals surface area contributed by atoms with Gasteiger partial charge in [0.15, 0.2) is 0 Å². The number of rotatable bonds is 6. The molecule has 3 atom stereocenters. The molecule has 0 bridgehead atoms. The number of aryl methyl sites for hydroxylation is 2. The van der Waals surface area contributed by atoms with E-state index in [1.54, 1.807) is 0 Å². The van der Waals surface area contributed by atoms with Gasteiger partial charge in [0.25, 0.3) is 5.95 Å². The molecule has 9 heteroatoms. The second-order valence-corrected chi connectivity index (χ2v) is 10.1. The molecule has 3 aromatic rings. The second-order valence-electron chi connectivity index (χ2n) is 10.1. The predicted octanol–water partition coefficient (Wildman–Crippen LogP) is 4.10. The topological polar surface area (TPSA) is 117 Å². The summed E-state index contributed by atoms with van der Waals surface area (Å²) in [5, 5.41) is 5.98. The van der Waals surface area contributed by atoms with E-state index in [-0.39, 0.29) is 42.0 Å². The van der Waals surface area contributed by atoms with Crippen LogP contribution in [0.5, 0.6) is 0 Å². The van der Waals surface area contributed by atoms with Crippen LogP contribution < -0.4 is 10.6 Å². The quantitative estimate of drug-likeness (QED) is 0.285. The molecule has 1 saturated heterocycles. The molecule has 0 radical (unpaired) electrons. The van der Waals surface area contributed by atoms with Crippen molar-refractivity contribution in [3.05, 3.63) is 83.7 Å². The number of benzene rings is 2. The molecular formula is C30H32N6O3. The number of nitrogens with zero attached hydrogens (tertiary/aromatic N) is 4. The van der Waals surface area contributed by atoms with Crippen LogP contribution in [0.15, 0.2) is 71.7 Å². The summed E-state index contributed by atoms with van der Waals surface area (Å²) in [4.78, 5) is 55.4. The minimum atomic E-state index is -1.03. The van der Waals surface area contributed by atoms with Crippen molar-refractivity contribution in [3.8, 4) is 0 Å². The van der Waals surface area contributed by atoms with Crippen molar-refractivity contribution in [2.75, 3.05) is 5.32 Å². The molecule has 0 spiro atoms. The third-order valence-corrected chi connectivity index (χ3v) is 7.22. The molecule has 9 nitrogen and oxygen atoms in total. The van der Waals surface area contributed by atoms with Crippen LogP contribution in [0, 0.1) is 25.7 Å². The maximum absolute atomic E-state index is 13.9. The standard InChI is InChI=1S/C30H32N6O3/c1-19-17-20(2)32-29(31-19)35-30(33-22-13-7-4-8-14-22)34-26(37)25(18-21-11-5-3-6-12-21)36-27(38)23-15-9-10-16-24(23)28(36)39/h3-8,11-14,17,23-25H,9-10,15-16,18H2,1-2H3,(H2,31,32,33,34,35,37)/t23-,24-,25-/m0/s1. The van der Waals surface area contributed by atoms with Crippen molar-refractivity contribution < 1.29 is 14.4 Å². The number of amides is 3. The van der Waals surface area contributed by atoms with Gasteiger partial charge in [-0.05, 0) is 50.5 Å². The van der Waals surface area contributed by atoms with Gasteiger partial charge in [-0.1, -0.05) is 61.4 Å². The first-order valence-corrected chi connectivity index (χ1v) is 13.3. The fourth-order valence-corrected chi connectivity index (χ4v) is 5.44. The van der Waals surface area contributed by atoms with Gasteiger partial charge in [-0.3, -0.25) is 24.6 Å². The molecule has 1 aliphatic carbocycles. The van der Waals surface area contributed by atoms with Gasteiger partial charge >= 0.3 is 0 Å². The Hall–Kier alpha value is -4.40. The van der Waals surface area contributed by atoms with Gasteiger partial charge in [0, 0.05) is 23.5 Å². The first-order chi connectivity index (χ1) is 18.9. The number of aromatic nitrogens is 2. The van der Waals surface area contributed by atoms with Gasteiger partial charge in [0.1, 0.15) is 6.04 Å². The van der Waals surface area contributed by atoms with Gasteiger partial charge in [0.2, 0.25) is 23.7 Å². The minimum Gasteiger partial charge on any atom is -0.326 e. The molecular weight excluding hydrogens is 492 g/mol. The predicted molar refractivity (Wildman–Crippen MR) is 148 cm³/mol. The Morgan fingerprint density at radius 2 is 1.49 bits per heavy atom. The highest BCUT2D eigenvalue weighted by Crippen LogP contribution is 2.39. The lowest BCUT2D eigenvalue weighted by molar-refractivity contribution is -0.147. The zero-order valence-corrected chi connectivity index (χ0v) is 22.1. The van der Waals surface area contributed by atoms with E-state index in [2.05, 4.69) is 25.6 Å². The fourth-order valence-electron chi connectivity index (χ4n) is 5.44. The highest BCUT2D eigenvalue weighted by Gasteiger charge is 2.51. The Labute approximate surface area is 227 Å². The van der Waals surface area contributed by atoms with E-state index < -0.39 is 11.9 Å². The van der Waals surface area contributed by atoms with Gasteiger partial charge < -0.3 is 5.32 Å². The van der Waals surface area contributed by atoms with E-state index in [0.29, 0.717) is 18.5 Å². The minimum absolute atomic E-state index is 0.103. The molecule has 2 aromatic carbocycles. The van der Waals surface area contributed by atoms with E-state index >= 15 is 0 Å². The third-order valence-electron chi connectivity index (χ3n) is 7.22. The zero-order valence-electron chi connectivity index (χ0n) is 22.1. The molecule has 200 valence electrons. The van der Waals surface area contributed by atoms with E-state index in [0.717, 1.165) is 29.8 Å². The number of nitrogens with one attached hydrogen (secondary N) is 2. The maximum atomic E-state index is 13.9. The lowest BCUT2D eigenvalue weighted by Gasteiger charge is -2.26. The maximum Gasteiger partial charge on any atom is 0.253 e. The van der Waals surface area contributed by atoms with Crippen molar-refractivity contribution in [1.29, 1.82) is 0 Å². The highest BCUT2D eigenvalue weighted by molar-refractivity contribution is 6.12. The summed E-state index contributed by atoms with van der Waals surface area (Å²) < 4.78 is 0. The molecule has 2 fully saturated rings. The average Bonchev–Trinajstić information content (AvgIpc) is 3.17. The third kappa shape index (κ3) is 6.03. The van der Waals surface area contributed by atoms with Crippen molar-refractivity contribution in [2.24, 2.45) is 16.8 Å². The summed E-state index contributed by atoms with van der Waals surface area (Å²) in [6.07, 6.45) is 3.38. The molecule has 2 heterocycles. The Morgan fingerprint density at radius 1 is 0.923 bits per heavy atom. The smallest absolute Gasteiger partial charge is 0.253 e. The summed E-state index contributed by atoms with van der Waals surface area (Å²) >= 11 is 0. The van der Waals surface area contributed by atoms with E-state index in [4.69, 9.17) is 0 Å². The summed E-state index contributed by atoms with van der Waals surface area (Å²) in [5.74, 6) is -1.43. The first-order valence-electron chi connectivity index (χ1n) is 13.3. The number of carbonyl (C=O) groups excluding carboxylic acids is 3. The fraction of sp³-hybridized carbons (Fsp3) is 0.333. The molecule has 1 aliphatic heterocycles. The number of likely N-dealkylation sites (tertiary alicyclic amines) is 1. The Bertz CT molecular complexity index is 1350. The Kier molecular flexibility index (Phi) is 7.76.